The van der Waals surface area contributed by atoms with Gasteiger partial charge in [-0.05, 0) is 35.4 Å². The second kappa shape index (κ2) is 5.33. The Morgan fingerprint density at radius 2 is 2.00 bits per heavy atom. The quantitative estimate of drug-likeness (QED) is 0.882. The summed E-state index contributed by atoms with van der Waals surface area (Å²) in [6.45, 7) is 0.823. The fourth-order valence-electron chi connectivity index (χ4n) is 2.39. The second-order valence-corrected chi connectivity index (χ2v) is 4.71. The van der Waals surface area contributed by atoms with Crippen LogP contribution in [0.1, 0.15) is 17.2 Å². The molecule has 3 rings (SSSR count). The first-order valence-electron chi connectivity index (χ1n) is 6.55. The summed E-state index contributed by atoms with van der Waals surface area (Å²) in [7, 11) is 0. The zero-order chi connectivity index (χ0) is 13.1. The number of rotatable bonds is 4. The van der Waals surface area contributed by atoms with Crippen molar-refractivity contribution in [3.8, 4) is 5.75 Å². The van der Waals surface area contributed by atoms with E-state index in [2.05, 4.69) is 11.4 Å². The third-order valence-electron chi connectivity index (χ3n) is 3.41. The Bertz CT molecular complexity index is 554. The molecule has 0 radical (unpaired) electrons. The molecule has 1 heterocycles. The summed E-state index contributed by atoms with van der Waals surface area (Å²) in [5, 5.41) is 12.9. The summed E-state index contributed by atoms with van der Waals surface area (Å²) in [6, 6.07) is 16.0. The van der Waals surface area contributed by atoms with Crippen LogP contribution in [0.15, 0.2) is 48.5 Å². The van der Waals surface area contributed by atoms with Gasteiger partial charge in [0.15, 0.2) is 0 Å². The van der Waals surface area contributed by atoms with E-state index in [0.29, 0.717) is 0 Å². The fraction of sp³-hybridized carbons (Fsp3) is 0.250. The van der Waals surface area contributed by atoms with Crippen LogP contribution in [0.25, 0.3) is 0 Å². The van der Waals surface area contributed by atoms with Gasteiger partial charge in [0.1, 0.15) is 5.75 Å². The predicted molar refractivity (Wildman–Crippen MR) is 75.5 cm³/mol. The van der Waals surface area contributed by atoms with E-state index in [4.69, 9.17) is 4.74 Å². The number of nitrogens with one attached hydrogen (secondary N) is 1. The van der Waals surface area contributed by atoms with Gasteiger partial charge in [0.2, 0.25) is 0 Å². The lowest BCUT2D eigenvalue weighted by Crippen LogP contribution is -2.14. The molecule has 98 valence electrons. The van der Waals surface area contributed by atoms with Crippen molar-refractivity contribution in [1.82, 2.24) is 0 Å². The SMILES string of the molecule is OCC(Nc1ccccc1)c1ccc2c(c1)CCO2. The predicted octanol–water partition coefficient (Wildman–Crippen LogP) is 2.77. The maximum Gasteiger partial charge on any atom is 0.122 e. The highest BCUT2D eigenvalue weighted by atomic mass is 16.5. The van der Waals surface area contributed by atoms with Gasteiger partial charge in [0.05, 0.1) is 19.3 Å². The molecular weight excluding hydrogens is 238 g/mol. The first kappa shape index (κ1) is 12.1. The van der Waals surface area contributed by atoms with Crippen LogP contribution in [0.5, 0.6) is 5.75 Å². The van der Waals surface area contributed by atoms with Crippen LogP contribution < -0.4 is 10.1 Å². The maximum atomic E-state index is 9.60. The fourth-order valence-corrected chi connectivity index (χ4v) is 2.39. The Hall–Kier alpha value is -2.00. The Kier molecular flexibility index (Phi) is 3.38. The van der Waals surface area contributed by atoms with Crippen molar-refractivity contribution < 1.29 is 9.84 Å². The van der Waals surface area contributed by atoms with Gasteiger partial charge >= 0.3 is 0 Å². The van der Waals surface area contributed by atoms with Gasteiger partial charge in [-0.25, -0.2) is 0 Å². The molecular formula is C16H17NO2. The number of fused-ring (bicyclic) bond motifs is 1. The molecule has 0 aromatic heterocycles. The number of hydrogen-bond donors (Lipinski definition) is 2. The van der Waals surface area contributed by atoms with Gasteiger partial charge in [-0.1, -0.05) is 24.3 Å². The molecule has 1 aliphatic heterocycles. The van der Waals surface area contributed by atoms with Crippen molar-refractivity contribution in [3.63, 3.8) is 0 Å². The van der Waals surface area contributed by atoms with E-state index in [1.54, 1.807) is 0 Å². The average molecular weight is 255 g/mol. The van der Waals surface area contributed by atoms with E-state index >= 15 is 0 Å². The molecule has 1 aliphatic rings. The zero-order valence-corrected chi connectivity index (χ0v) is 10.7. The summed E-state index contributed by atoms with van der Waals surface area (Å²) in [5.74, 6) is 0.972. The van der Waals surface area contributed by atoms with Gasteiger partial charge in [0, 0.05) is 12.1 Å². The molecule has 0 aliphatic carbocycles. The number of para-hydroxylation sites is 1. The van der Waals surface area contributed by atoms with E-state index in [0.717, 1.165) is 30.0 Å². The molecule has 19 heavy (non-hydrogen) atoms. The van der Waals surface area contributed by atoms with Crippen molar-refractivity contribution in [2.24, 2.45) is 0 Å². The Morgan fingerprint density at radius 3 is 2.79 bits per heavy atom. The van der Waals surface area contributed by atoms with E-state index in [1.807, 2.05) is 42.5 Å². The molecule has 0 amide bonds. The topological polar surface area (TPSA) is 41.5 Å². The van der Waals surface area contributed by atoms with Gasteiger partial charge in [-0.3, -0.25) is 0 Å². The Balaban J connectivity index is 1.82. The van der Waals surface area contributed by atoms with E-state index < -0.39 is 0 Å². The normalized spacial score (nSPS) is 14.6. The summed E-state index contributed by atoms with van der Waals surface area (Å²) >= 11 is 0. The molecule has 2 N–H and O–H groups in total. The highest BCUT2D eigenvalue weighted by molar-refractivity contribution is 5.47. The third-order valence-corrected chi connectivity index (χ3v) is 3.41. The standard InChI is InChI=1S/C16H17NO2/c18-11-15(17-14-4-2-1-3-5-14)12-6-7-16-13(10-12)8-9-19-16/h1-7,10,15,17-18H,8-9,11H2. The molecule has 1 atom stereocenters. The maximum absolute atomic E-state index is 9.60. The molecule has 0 saturated carbocycles. The number of anilines is 1. The lowest BCUT2D eigenvalue weighted by molar-refractivity contribution is 0.276. The molecule has 0 saturated heterocycles. The number of aliphatic hydroxyl groups is 1. The van der Waals surface area contributed by atoms with E-state index in [9.17, 15) is 5.11 Å². The smallest absolute Gasteiger partial charge is 0.122 e. The highest BCUT2D eigenvalue weighted by Crippen LogP contribution is 2.29. The van der Waals surface area contributed by atoms with Gasteiger partial charge in [0.25, 0.3) is 0 Å². The summed E-state index contributed by atoms with van der Waals surface area (Å²) in [5.41, 5.74) is 3.33. The molecule has 0 fully saturated rings. The number of hydrogen-bond acceptors (Lipinski definition) is 3. The van der Waals surface area contributed by atoms with Crippen LogP contribution in [0.4, 0.5) is 5.69 Å². The summed E-state index contributed by atoms with van der Waals surface area (Å²) in [4.78, 5) is 0. The molecule has 1 unspecified atom stereocenters. The second-order valence-electron chi connectivity index (χ2n) is 4.71. The van der Waals surface area contributed by atoms with Crippen LogP contribution in [0, 0.1) is 0 Å². The third kappa shape index (κ3) is 2.56. The molecule has 2 aromatic carbocycles. The van der Waals surface area contributed by atoms with E-state index in [1.165, 1.54) is 5.56 Å². The minimum atomic E-state index is -0.0895. The minimum Gasteiger partial charge on any atom is -0.493 e. The summed E-state index contributed by atoms with van der Waals surface area (Å²) in [6.07, 6.45) is 0.951. The van der Waals surface area contributed by atoms with Gasteiger partial charge < -0.3 is 15.2 Å². The minimum absolute atomic E-state index is 0.0640. The van der Waals surface area contributed by atoms with Crippen LogP contribution >= 0.6 is 0 Å². The molecule has 3 heteroatoms. The molecule has 3 nitrogen and oxygen atoms in total. The lowest BCUT2D eigenvalue weighted by Gasteiger charge is -2.18. The van der Waals surface area contributed by atoms with Crippen molar-refractivity contribution in [1.29, 1.82) is 0 Å². The number of aliphatic hydroxyl groups excluding tert-OH is 1. The van der Waals surface area contributed by atoms with Crippen LogP contribution in [-0.2, 0) is 6.42 Å². The Labute approximate surface area is 112 Å². The zero-order valence-electron chi connectivity index (χ0n) is 10.7. The van der Waals surface area contributed by atoms with Gasteiger partial charge in [-0.2, -0.15) is 0 Å². The van der Waals surface area contributed by atoms with Crippen LogP contribution in [0.2, 0.25) is 0 Å². The molecule has 0 bridgehead atoms. The monoisotopic (exact) mass is 255 g/mol. The van der Waals surface area contributed by atoms with Crippen molar-refractivity contribution in [2.75, 3.05) is 18.5 Å². The first-order valence-corrected chi connectivity index (χ1v) is 6.55. The summed E-state index contributed by atoms with van der Waals surface area (Å²) < 4.78 is 5.50. The highest BCUT2D eigenvalue weighted by Gasteiger charge is 2.16. The van der Waals surface area contributed by atoms with E-state index in [-0.39, 0.29) is 12.6 Å². The van der Waals surface area contributed by atoms with Crippen LogP contribution in [0.3, 0.4) is 0 Å². The first-order chi connectivity index (χ1) is 9.36. The number of ether oxygens (including phenoxy) is 1. The van der Waals surface area contributed by atoms with Crippen molar-refractivity contribution >= 4 is 5.69 Å². The van der Waals surface area contributed by atoms with Gasteiger partial charge in [-0.15, -0.1) is 0 Å². The Morgan fingerprint density at radius 1 is 1.16 bits per heavy atom. The molecule has 2 aromatic rings. The average Bonchev–Trinajstić information content (AvgIpc) is 2.93. The van der Waals surface area contributed by atoms with Crippen molar-refractivity contribution in [2.45, 2.75) is 12.5 Å². The lowest BCUT2D eigenvalue weighted by atomic mass is 10.0. The van der Waals surface area contributed by atoms with Crippen molar-refractivity contribution in [3.05, 3.63) is 59.7 Å². The number of benzene rings is 2. The largest absolute Gasteiger partial charge is 0.493 e. The van der Waals surface area contributed by atoms with Crippen LogP contribution in [-0.4, -0.2) is 18.3 Å². The molecule has 0 spiro atoms.